The Kier molecular flexibility index (Phi) is 4.65. The average molecular weight is 310 g/mol. The first-order valence-electron chi connectivity index (χ1n) is 6.47. The van der Waals surface area contributed by atoms with Crippen molar-refractivity contribution in [3.8, 4) is 5.75 Å². The van der Waals surface area contributed by atoms with E-state index in [-0.39, 0.29) is 5.82 Å². The van der Waals surface area contributed by atoms with Crippen LogP contribution in [0.25, 0.3) is 0 Å². The van der Waals surface area contributed by atoms with Crippen LogP contribution in [0.5, 0.6) is 5.75 Å². The molecule has 0 aliphatic carbocycles. The van der Waals surface area contributed by atoms with Crippen LogP contribution in [-0.4, -0.2) is 17.5 Å². The van der Waals surface area contributed by atoms with E-state index in [1.54, 1.807) is 24.3 Å². The number of hydrogen-bond acceptors (Lipinski definition) is 3. The summed E-state index contributed by atoms with van der Waals surface area (Å²) in [6.45, 7) is 2.28. The standard InChI is InChI=1S/C15H13F3N2O2/c1-2-22-12-5-3-4-10(8-12)14(21)20-13-7-6-11(9-19-13)15(16,17)18/h3-9H,2H2,1H3,(H,19,20,21). The van der Waals surface area contributed by atoms with E-state index < -0.39 is 17.6 Å². The maximum Gasteiger partial charge on any atom is 0.417 e. The Balaban J connectivity index is 2.10. The van der Waals surface area contributed by atoms with Crippen molar-refractivity contribution in [1.29, 1.82) is 0 Å². The van der Waals surface area contributed by atoms with E-state index >= 15 is 0 Å². The summed E-state index contributed by atoms with van der Waals surface area (Å²) in [5.41, 5.74) is -0.545. The monoisotopic (exact) mass is 310 g/mol. The van der Waals surface area contributed by atoms with Crippen molar-refractivity contribution >= 4 is 11.7 Å². The minimum Gasteiger partial charge on any atom is -0.494 e. The molecule has 7 heteroatoms. The molecule has 0 aliphatic heterocycles. The highest BCUT2D eigenvalue weighted by Gasteiger charge is 2.30. The molecule has 1 aromatic carbocycles. The Morgan fingerprint density at radius 3 is 2.64 bits per heavy atom. The molecule has 0 saturated heterocycles. The molecule has 0 aliphatic rings. The number of anilines is 1. The fourth-order valence-corrected chi connectivity index (χ4v) is 1.72. The molecule has 0 saturated carbocycles. The van der Waals surface area contributed by atoms with Crippen molar-refractivity contribution in [2.75, 3.05) is 11.9 Å². The average Bonchev–Trinajstić information content (AvgIpc) is 2.47. The molecule has 0 spiro atoms. The van der Waals surface area contributed by atoms with Gasteiger partial charge in [-0.3, -0.25) is 4.79 Å². The number of carbonyl (C=O) groups is 1. The predicted octanol–water partition coefficient (Wildman–Crippen LogP) is 3.75. The van der Waals surface area contributed by atoms with Gasteiger partial charge in [-0.15, -0.1) is 0 Å². The summed E-state index contributed by atoms with van der Waals surface area (Å²) in [4.78, 5) is 15.6. The molecule has 1 N–H and O–H groups in total. The van der Waals surface area contributed by atoms with Gasteiger partial charge in [0.2, 0.25) is 0 Å². The Hall–Kier alpha value is -2.57. The number of aromatic nitrogens is 1. The molecule has 4 nitrogen and oxygen atoms in total. The zero-order valence-corrected chi connectivity index (χ0v) is 11.6. The van der Waals surface area contributed by atoms with Gasteiger partial charge in [0, 0.05) is 11.8 Å². The van der Waals surface area contributed by atoms with Crippen LogP contribution in [0.4, 0.5) is 19.0 Å². The summed E-state index contributed by atoms with van der Waals surface area (Å²) in [6, 6.07) is 8.44. The lowest BCUT2D eigenvalue weighted by molar-refractivity contribution is -0.137. The fraction of sp³-hybridized carbons (Fsp3) is 0.200. The van der Waals surface area contributed by atoms with Gasteiger partial charge in [0.05, 0.1) is 12.2 Å². The number of nitrogens with zero attached hydrogens (tertiary/aromatic N) is 1. The molecule has 2 aromatic rings. The van der Waals surface area contributed by atoms with Crippen LogP contribution in [0.3, 0.4) is 0 Å². The van der Waals surface area contributed by atoms with E-state index in [0.717, 1.165) is 12.1 Å². The Bertz CT molecular complexity index is 655. The highest BCUT2D eigenvalue weighted by atomic mass is 19.4. The maximum atomic E-state index is 12.4. The second kappa shape index (κ2) is 6.46. The third-order valence-electron chi connectivity index (χ3n) is 2.74. The number of carbonyl (C=O) groups excluding carboxylic acids is 1. The first-order chi connectivity index (χ1) is 10.4. The van der Waals surface area contributed by atoms with E-state index in [1.807, 2.05) is 6.92 Å². The largest absolute Gasteiger partial charge is 0.494 e. The minimum atomic E-state index is -4.46. The van der Waals surface area contributed by atoms with Crippen LogP contribution in [0.1, 0.15) is 22.8 Å². The maximum absolute atomic E-state index is 12.4. The van der Waals surface area contributed by atoms with Crippen LogP contribution in [-0.2, 0) is 6.18 Å². The number of halogens is 3. The SMILES string of the molecule is CCOc1cccc(C(=O)Nc2ccc(C(F)(F)F)cn2)c1. The molecule has 1 heterocycles. The molecular formula is C15H13F3N2O2. The number of nitrogens with one attached hydrogen (secondary N) is 1. The van der Waals surface area contributed by atoms with Gasteiger partial charge >= 0.3 is 6.18 Å². The molecular weight excluding hydrogens is 297 g/mol. The zero-order valence-electron chi connectivity index (χ0n) is 11.6. The lowest BCUT2D eigenvalue weighted by Gasteiger charge is -2.09. The molecule has 1 aromatic heterocycles. The number of amides is 1. The normalized spacial score (nSPS) is 11.1. The first-order valence-corrected chi connectivity index (χ1v) is 6.47. The highest BCUT2D eigenvalue weighted by Crippen LogP contribution is 2.28. The number of rotatable bonds is 4. The number of alkyl halides is 3. The molecule has 0 bridgehead atoms. The molecule has 22 heavy (non-hydrogen) atoms. The fourth-order valence-electron chi connectivity index (χ4n) is 1.72. The quantitative estimate of drug-likeness (QED) is 0.935. The van der Waals surface area contributed by atoms with Crippen LogP contribution >= 0.6 is 0 Å². The predicted molar refractivity (Wildman–Crippen MR) is 74.8 cm³/mol. The molecule has 0 radical (unpaired) electrons. The Morgan fingerprint density at radius 2 is 2.05 bits per heavy atom. The number of pyridine rings is 1. The van der Waals surface area contributed by atoms with Gasteiger partial charge in [0.1, 0.15) is 11.6 Å². The van der Waals surface area contributed by atoms with Crippen molar-refractivity contribution < 1.29 is 22.7 Å². The number of ether oxygens (including phenoxy) is 1. The molecule has 0 fully saturated rings. The molecule has 2 rings (SSSR count). The third kappa shape index (κ3) is 3.97. The highest BCUT2D eigenvalue weighted by molar-refractivity contribution is 6.03. The van der Waals surface area contributed by atoms with Crippen LogP contribution in [0.2, 0.25) is 0 Å². The Morgan fingerprint density at radius 1 is 1.27 bits per heavy atom. The summed E-state index contributed by atoms with van der Waals surface area (Å²) >= 11 is 0. The summed E-state index contributed by atoms with van der Waals surface area (Å²) < 4.78 is 42.5. The van der Waals surface area contributed by atoms with Crippen molar-refractivity contribution in [3.05, 3.63) is 53.7 Å². The summed E-state index contributed by atoms with van der Waals surface area (Å²) in [5, 5.41) is 2.43. The van der Waals surface area contributed by atoms with Gasteiger partial charge in [0.25, 0.3) is 5.91 Å². The summed E-state index contributed by atoms with van der Waals surface area (Å²) in [5.74, 6) is 0.101. The first kappa shape index (κ1) is 15.8. The van der Waals surface area contributed by atoms with E-state index in [2.05, 4.69) is 10.3 Å². The van der Waals surface area contributed by atoms with Gasteiger partial charge in [0.15, 0.2) is 0 Å². The zero-order chi connectivity index (χ0) is 16.2. The van der Waals surface area contributed by atoms with Crippen molar-refractivity contribution in [1.82, 2.24) is 4.98 Å². The van der Waals surface area contributed by atoms with Gasteiger partial charge in [-0.2, -0.15) is 13.2 Å². The van der Waals surface area contributed by atoms with Crippen molar-refractivity contribution in [3.63, 3.8) is 0 Å². The van der Waals surface area contributed by atoms with Gasteiger partial charge in [-0.1, -0.05) is 6.07 Å². The number of benzene rings is 1. The van der Waals surface area contributed by atoms with Gasteiger partial charge in [-0.05, 0) is 37.3 Å². The van der Waals surface area contributed by atoms with Crippen molar-refractivity contribution in [2.45, 2.75) is 13.1 Å². The molecule has 0 unspecified atom stereocenters. The van der Waals surface area contributed by atoms with Gasteiger partial charge in [-0.25, -0.2) is 4.98 Å². The van der Waals surface area contributed by atoms with E-state index in [1.165, 1.54) is 0 Å². The van der Waals surface area contributed by atoms with E-state index in [9.17, 15) is 18.0 Å². The smallest absolute Gasteiger partial charge is 0.417 e. The van der Waals surface area contributed by atoms with E-state index in [0.29, 0.717) is 24.1 Å². The van der Waals surface area contributed by atoms with Crippen LogP contribution in [0, 0.1) is 0 Å². The molecule has 0 atom stereocenters. The summed E-state index contributed by atoms with van der Waals surface area (Å²) in [7, 11) is 0. The number of hydrogen-bond donors (Lipinski definition) is 1. The molecule has 1 amide bonds. The summed E-state index contributed by atoms with van der Waals surface area (Å²) in [6.07, 6.45) is -3.78. The van der Waals surface area contributed by atoms with Gasteiger partial charge < -0.3 is 10.1 Å². The Labute approximate surface area is 124 Å². The van der Waals surface area contributed by atoms with Crippen LogP contribution in [0.15, 0.2) is 42.6 Å². The third-order valence-corrected chi connectivity index (χ3v) is 2.74. The molecule has 116 valence electrons. The second-order valence-electron chi connectivity index (χ2n) is 4.34. The minimum absolute atomic E-state index is 0.0415. The van der Waals surface area contributed by atoms with Crippen molar-refractivity contribution in [2.24, 2.45) is 0 Å². The second-order valence-corrected chi connectivity index (χ2v) is 4.34. The topological polar surface area (TPSA) is 51.2 Å². The lowest BCUT2D eigenvalue weighted by atomic mass is 10.2. The van der Waals surface area contributed by atoms with E-state index in [4.69, 9.17) is 4.74 Å². The van der Waals surface area contributed by atoms with Crippen LogP contribution < -0.4 is 10.1 Å². The lowest BCUT2D eigenvalue weighted by Crippen LogP contribution is -2.14.